The molecular formula is C11H8FN3O6. The van der Waals surface area contributed by atoms with Crippen LogP contribution in [0.5, 0.6) is 0 Å². The smallest absolute Gasteiger partial charge is 0.353 e. The van der Waals surface area contributed by atoms with Crippen LogP contribution in [0.4, 0.5) is 15.8 Å². The fraction of sp³-hybridized carbons (Fsp3) is 0.182. The molecule has 2 N–H and O–H groups in total. The van der Waals surface area contributed by atoms with Crippen LogP contribution in [0.3, 0.4) is 0 Å². The highest BCUT2D eigenvalue weighted by atomic mass is 19.1. The molecule has 0 saturated heterocycles. The first-order valence-corrected chi connectivity index (χ1v) is 5.59. The van der Waals surface area contributed by atoms with E-state index in [1.54, 1.807) is 0 Å². The zero-order chi connectivity index (χ0) is 15.6. The molecule has 1 amide bonds. The summed E-state index contributed by atoms with van der Waals surface area (Å²) in [5.41, 5.74) is -1.14. The van der Waals surface area contributed by atoms with Crippen LogP contribution in [0.25, 0.3) is 0 Å². The summed E-state index contributed by atoms with van der Waals surface area (Å²) < 4.78 is 13.5. The van der Waals surface area contributed by atoms with Crippen LogP contribution >= 0.6 is 0 Å². The number of hydrogen-bond donors (Lipinski definition) is 2. The van der Waals surface area contributed by atoms with Crippen LogP contribution in [0.15, 0.2) is 23.4 Å². The van der Waals surface area contributed by atoms with Gasteiger partial charge in [-0.25, -0.2) is 9.18 Å². The third kappa shape index (κ3) is 3.11. The van der Waals surface area contributed by atoms with Gasteiger partial charge in [0.2, 0.25) is 6.10 Å². The summed E-state index contributed by atoms with van der Waals surface area (Å²) in [4.78, 5) is 36.9. The average molecular weight is 297 g/mol. The van der Waals surface area contributed by atoms with E-state index in [4.69, 9.17) is 5.11 Å². The number of carbonyl (C=O) groups excluding carboxylic acids is 1. The highest BCUT2D eigenvalue weighted by Gasteiger charge is 2.32. The lowest BCUT2D eigenvalue weighted by atomic mass is 10.1. The molecule has 1 heterocycles. The van der Waals surface area contributed by atoms with Crippen LogP contribution in [0.1, 0.15) is 6.42 Å². The number of nitrogens with one attached hydrogen (secondary N) is 1. The van der Waals surface area contributed by atoms with Crippen LogP contribution in [0.2, 0.25) is 0 Å². The van der Waals surface area contributed by atoms with Crippen molar-refractivity contribution in [2.75, 3.05) is 5.32 Å². The number of nitrogens with zero attached hydrogens (tertiary/aromatic N) is 2. The van der Waals surface area contributed by atoms with Crippen molar-refractivity contribution in [3.63, 3.8) is 0 Å². The van der Waals surface area contributed by atoms with E-state index >= 15 is 0 Å². The Kier molecular flexibility index (Phi) is 3.78. The number of benzene rings is 1. The molecule has 0 aliphatic carbocycles. The number of aliphatic carboxylic acids is 1. The summed E-state index contributed by atoms with van der Waals surface area (Å²) in [7, 11) is 0. The predicted molar refractivity (Wildman–Crippen MR) is 66.2 cm³/mol. The number of oxime groups is 1. The molecule has 1 unspecified atom stereocenters. The second-order valence-electron chi connectivity index (χ2n) is 4.05. The lowest BCUT2D eigenvalue weighted by Gasteiger charge is -2.09. The zero-order valence-corrected chi connectivity index (χ0v) is 10.3. The molecule has 10 heteroatoms. The number of carboxylic acids is 1. The zero-order valence-electron chi connectivity index (χ0n) is 10.3. The second-order valence-corrected chi connectivity index (χ2v) is 4.05. The summed E-state index contributed by atoms with van der Waals surface area (Å²) in [6, 6.07) is 2.63. The molecule has 0 fully saturated rings. The van der Waals surface area contributed by atoms with Crippen molar-refractivity contribution in [3.05, 3.63) is 34.1 Å². The Morgan fingerprint density at radius 2 is 2.24 bits per heavy atom. The van der Waals surface area contributed by atoms with E-state index in [0.717, 1.165) is 18.2 Å². The second kappa shape index (κ2) is 5.53. The summed E-state index contributed by atoms with van der Waals surface area (Å²) in [5, 5.41) is 24.6. The Bertz CT molecular complexity index is 659. The van der Waals surface area contributed by atoms with E-state index in [9.17, 15) is 24.1 Å². The van der Waals surface area contributed by atoms with Crippen molar-refractivity contribution >= 4 is 29.0 Å². The quantitative estimate of drug-likeness (QED) is 0.627. The van der Waals surface area contributed by atoms with Gasteiger partial charge in [0.1, 0.15) is 5.82 Å². The first-order valence-electron chi connectivity index (χ1n) is 5.59. The highest BCUT2D eigenvalue weighted by molar-refractivity contribution is 6.36. The van der Waals surface area contributed by atoms with E-state index in [1.807, 2.05) is 0 Å². The van der Waals surface area contributed by atoms with Gasteiger partial charge >= 0.3 is 5.97 Å². The number of rotatable bonds is 4. The topological polar surface area (TPSA) is 131 Å². The standard InChI is InChI=1S/C11H8FN3O6/c12-6-2-1-5(15(19)20)3-7(6)13-10(16)9-4-8(11(17)18)14-21-9/h1-3,9H,4H2,(H,13,16)(H,17,18). The molecule has 1 aromatic rings. The van der Waals surface area contributed by atoms with Gasteiger partial charge in [-0.3, -0.25) is 14.9 Å². The van der Waals surface area contributed by atoms with Crippen molar-refractivity contribution in [1.29, 1.82) is 0 Å². The van der Waals surface area contributed by atoms with E-state index in [-0.39, 0.29) is 12.1 Å². The predicted octanol–water partition coefficient (Wildman–Crippen LogP) is 0.902. The Morgan fingerprint density at radius 3 is 2.81 bits per heavy atom. The van der Waals surface area contributed by atoms with Gasteiger partial charge in [0.15, 0.2) is 5.71 Å². The summed E-state index contributed by atoms with van der Waals surface area (Å²) in [6.07, 6.45) is -1.51. The third-order valence-electron chi connectivity index (χ3n) is 2.63. The van der Waals surface area contributed by atoms with Crippen LogP contribution in [-0.2, 0) is 14.4 Å². The van der Waals surface area contributed by atoms with E-state index < -0.39 is 40.1 Å². The SMILES string of the molecule is O=C(O)C1=NOC(C(=O)Nc2cc([N+](=O)[O-])ccc2F)C1. The fourth-order valence-corrected chi connectivity index (χ4v) is 1.58. The molecule has 1 atom stereocenters. The normalized spacial score (nSPS) is 16.8. The lowest BCUT2D eigenvalue weighted by Crippen LogP contribution is -2.29. The van der Waals surface area contributed by atoms with Crippen LogP contribution in [-0.4, -0.2) is 33.7 Å². The minimum absolute atomic E-state index is 0.280. The molecule has 0 aromatic heterocycles. The third-order valence-corrected chi connectivity index (χ3v) is 2.63. The van der Waals surface area contributed by atoms with Gasteiger partial charge in [0, 0.05) is 18.6 Å². The van der Waals surface area contributed by atoms with Crippen molar-refractivity contribution in [3.8, 4) is 0 Å². The maximum atomic E-state index is 13.5. The Hall–Kier alpha value is -3.04. The van der Waals surface area contributed by atoms with Crippen molar-refractivity contribution < 1.29 is 28.8 Å². The molecular weight excluding hydrogens is 289 g/mol. The summed E-state index contributed by atoms with van der Waals surface area (Å²) in [6.45, 7) is 0. The van der Waals surface area contributed by atoms with Gasteiger partial charge in [-0.1, -0.05) is 5.16 Å². The molecule has 9 nitrogen and oxygen atoms in total. The molecule has 21 heavy (non-hydrogen) atoms. The number of non-ortho nitro benzene ring substituents is 1. The largest absolute Gasteiger partial charge is 0.477 e. The molecule has 110 valence electrons. The van der Waals surface area contributed by atoms with Gasteiger partial charge in [-0.05, 0) is 6.07 Å². The lowest BCUT2D eigenvalue weighted by molar-refractivity contribution is -0.384. The number of nitro groups is 1. The molecule has 1 aromatic carbocycles. The molecule has 0 radical (unpaired) electrons. The Balaban J connectivity index is 2.09. The Morgan fingerprint density at radius 1 is 1.52 bits per heavy atom. The van der Waals surface area contributed by atoms with Crippen LogP contribution in [0, 0.1) is 15.9 Å². The summed E-state index contributed by atoms with van der Waals surface area (Å²) in [5.74, 6) is -3.05. The highest BCUT2D eigenvalue weighted by Crippen LogP contribution is 2.22. The van der Waals surface area contributed by atoms with E-state index in [2.05, 4.69) is 15.3 Å². The van der Waals surface area contributed by atoms with Gasteiger partial charge < -0.3 is 15.3 Å². The average Bonchev–Trinajstić information content (AvgIpc) is 2.90. The number of halogens is 1. The van der Waals surface area contributed by atoms with Crippen molar-refractivity contribution in [1.82, 2.24) is 0 Å². The number of carbonyl (C=O) groups is 2. The molecule has 2 rings (SSSR count). The maximum Gasteiger partial charge on any atom is 0.353 e. The summed E-state index contributed by atoms with van der Waals surface area (Å²) >= 11 is 0. The first kappa shape index (κ1) is 14.4. The molecule has 1 aliphatic heterocycles. The van der Waals surface area contributed by atoms with Gasteiger partial charge in [0.05, 0.1) is 10.6 Å². The molecule has 0 spiro atoms. The van der Waals surface area contributed by atoms with Gasteiger partial charge in [0.25, 0.3) is 11.6 Å². The molecule has 0 saturated carbocycles. The molecule has 1 aliphatic rings. The first-order chi connectivity index (χ1) is 9.88. The monoisotopic (exact) mass is 297 g/mol. The van der Waals surface area contributed by atoms with Crippen molar-refractivity contribution in [2.45, 2.75) is 12.5 Å². The van der Waals surface area contributed by atoms with E-state index in [1.165, 1.54) is 0 Å². The van der Waals surface area contributed by atoms with Crippen LogP contribution < -0.4 is 5.32 Å². The fourth-order valence-electron chi connectivity index (χ4n) is 1.58. The number of anilines is 1. The van der Waals surface area contributed by atoms with Crippen molar-refractivity contribution in [2.24, 2.45) is 5.16 Å². The number of nitro benzene ring substituents is 1. The minimum atomic E-state index is -1.33. The number of hydrogen-bond acceptors (Lipinski definition) is 6. The maximum absolute atomic E-state index is 13.5. The number of amides is 1. The van der Waals surface area contributed by atoms with Gasteiger partial charge in [-0.2, -0.15) is 0 Å². The van der Waals surface area contributed by atoms with E-state index in [0.29, 0.717) is 0 Å². The number of carboxylic acid groups (broad SMARTS) is 1. The van der Waals surface area contributed by atoms with Gasteiger partial charge in [-0.15, -0.1) is 0 Å². The Labute approximate surface area is 116 Å². The molecule has 0 bridgehead atoms. The minimum Gasteiger partial charge on any atom is -0.477 e.